The molecular formula is C21H28N2O7S. The molecule has 0 saturated carbocycles. The summed E-state index contributed by atoms with van der Waals surface area (Å²) in [6, 6.07) is 7.59. The van der Waals surface area contributed by atoms with Gasteiger partial charge in [-0.15, -0.1) is 0 Å². The Kier molecular flexibility index (Phi) is 8.08. The molecule has 1 saturated heterocycles. The number of rotatable bonds is 8. The number of hydrogen-bond donors (Lipinski definition) is 2. The summed E-state index contributed by atoms with van der Waals surface area (Å²) < 4.78 is 10.5. The van der Waals surface area contributed by atoms with Crippen molar-refractivity contribution in [3.8, 4) is 5.75 Å². The van der Waals surface area contributed by atoms with Crippen molar-refractivity contribution in [2.24, 2.45) is 5.92 Å². The summed E-state index contributed by atoms with van der Waals surface area (Å²) in [5.74, 6) is -2.14. The van der Waals surface area contributed by atoms with Crippen LogP contribution in [-0.2, 0) is 23.9 Å². The Bertz CT molecular complexity index is 823. The Labute approximate surface area is 185 Å². The zero-order chi connectivity index (χ0) is 23.3. The van der Waals surface area contributed by atoms with E-state index in [2.05, 4.69) is 5.32 Å². The van der Waals surface area contributed by atoms with Crippen LogP contribution in [0.2, 0.25) is 0 Å². The maximum atomic E-state index is 12.6. The third-order valence-electron chi connectivity index (χ3n) is 4.10. The number of hydrogen-bond acceptors (Lipinski definition) is 8. The van der Waals surface area contributed by atoms with Crippen LogP contribution in [0.15, 0.2) is 30.3 Å². The number of aliphatic hydroxyl groups excluding tert-OH is 1. The summed E-state index contributed by atoms with van der Waals surface area (Å²) in [6.45, 7) is 7.91. The standard InChI is InChI=1S/C21H28N2O7S/c1-12(2)20(28)31-18-15(22-14(24)11-29-13-9-7-6-8-10-13)16(25)23(18)17(26)19(27)30-21(3,4)5/h6-10,12,15,17-18,26H,11H2,1-5H3,(H,22,24)/t15-,17?,18-/m1/s1. The Morgan fingerprint density at radius 1 is 1.19 bits per heavy atom. The number of carbonyl (C=O) groups is 4. The average Bonchev–Trinajstić information content (AvgIpc) is 2.69. The van der Waals surface area contributed by atoms with Gasteiger partial charge in [0.05, 0.1) is 0 Å². The van der Waals surface area contributed by atoms with E-state index in [1.54, 1.807) is 65.0 Å². The highest BCUT2D eigenvalue weighted by atomic mass is 32.2. The SMILES string of the molecule is CC(C)C(=O)S[C@@H]1[C@H](NC(=O)COc2ccccc2)C(=O)N1C(O)C(=O)OC(C)(C)C. The lowest BCUT2D eigenvalue weighted by molar-refractivity contribution is -0.189. The molecule has 0 aromatic heterocycles. The third kappa shape index (κ3) is 6.70. The molecule has 1 fully saturated rings. The minimum absolute atomic E-state index is 0.251. The number of thioether (sulfide) groups is 1. The predicted octanol–water partition coefficient (Wildman–Crippen LogP) is 1.29. The molecule has 2 N–H and O–H groups in total. The van der Waals surface area contributed by atoms with E-state index in [0.29, 0.717) is 5.75 Å². The summed E-state index contributed by atoms with van der Waals surface area (Å²) in [4.78, 5) is 50.2. The van der Waals surface area contributed by atoms with Crippen molar-refractivity contribution in [2.75, 3.05) is 6.61 Å². The normalized spacial score (nSPS) is 19.5. The molecule has 170 valence electrons. The Morgan fingerprint density at radius 2 is 1.81 bits per heavy atom. The van der Waals surface area contributed by atoms with Gasteiger partial charge in [-0.1, -0.05) is 43.8 Å². The number of nitrogens with one attached hydrogen (secondary N) is 1. The van der Waals surface area contributed by atoms with Gasteiger partial charge in [0.25, 0.3) is 11.8 Å². The van der Waals surface area contributed by atoms with Gasteiger partial charge in [-0.3, -0.25) is 19.3 Å². The summed E-state index contributed by atoms with van der Waals surface area (Å²) in [6.07, 6.45) is -1.89. The maximum absolute atomic E-state index is 12.6. The van der Waals surface area contributed by atoms with Crippen molar-refractivity contribution in [3.05, 3.63) is 30.3 Å². The van der Waals surface area contributed by atoms with Crippen LogP contribution in [0.4, 0.5) is 0 Å². The smallest absolute Gasteiger partial charge is 0.357 e. The fourth-order valence-electron chi connectivity index (χ4n) is 2.61. The molecule has 10 heteroatoms. The van der Waals surface area contributed by atoms with Crippen LogP contribution in [0.3, 0.4) is 0 Å². The molecular weight excluding hydrogens is 424 g/mol. The molecule has 0 bridgehead atoms. The van der Waals surface area contributed by atoms with Gasteiger partial charge in [0.2, 0.25) is 6.23 Å². The van der Waals surface area contributed by atoms with Crippen LogP contribution in [0.5, 0.6) is 5.75 Å². The van der Waals surface area contributed by atoms with Gasteiger partial charge in [0.1, 0.15) is 22.8 Å². The average molecular weight is 453 g/mol. The van der Waals surface area contributed by atoms with Gasteiger partial charge in [-0.05, 0) is 32.9 Å². The van der Waals surface area contributed by atoms with Gasteiger partial charge < -0.3 is 19.9 Å². The van der Waals surface area contributed by atoms with E-state index in [9.17, 15) is 24.3 Å². The number of para-hydroxylation sites is 1. The van der Waals surface area contributed by atoms with E-state index in [-0.39, 0.29) is 17.6 Å². The van der Waals surface area contributed by atoms with E-state index < -0.39 is 41.0 Å². The topological polar surface area (TPSA) is 122 Å². The lowest BCUT2D eigenvalue weighted by atomic mass is 10.1. The molecule has 2 amide bonds. The van der Waals surface area contributed by atoms with Crippen molar-refractivity contribution >= 4 is 34.7 Å². The fourth-order valence-corrected chi connectivity index (χ4v) is 3.77. The van der Waals surface area contributed by atoms with Crippen LogP contribution in [-0.4, -0.2) is 62.8 Å². The monoisotopic (exact) mass is 452 g/mol. The molecule has 0 aliphatic carbocycles. The van der Waals surface area contributed by atoms with Crippen LogP contribution in [0.1, 0.15) is 34.6 Å². The van der Waals surface area contributed by atoms with Gasteiger partial charge in [-0.2, -0.15) is 0 Å². The first-order valence-electron chi connectivity index (χ1n) is 9.81. The van der Waals surface area contributed by atoms with Crippen molar-refractivity contribution in [1.29, 1.82) is 0 Å². The van der Waals surface area contributed by atoms with Gasteiger partial charge in [0.15, 0.2) is 11.7 Å². The van der Waals surface area contributed by atoms with E-state index in [1.165, 1.54) is 0 Å². The molecule has 1 unspecified atom stereocenters. The summed E-state index contributed by atoms with van der Waals surface area (Å²) >= 11 is 0.777. The van der Waals surface area contributed by atoms with E-state index in [0.717, 1.165) is 16.7 Å². The van der Waals surface area contributed by atoms with Gasteiger partial charge in [-0.25, -0.2) is 4.79 Å². The highest BCUT2D eigenvalue weighted by Crippen LogP contribution is 2.34. The lowest BCUT2D eigenvalue weighted by Gasteiger charge is -2.47. The van der Waals surface area contributed by atoms with Crippen molar-refractivity contribution in [2.45, 2.75) is 57.9 Å². The van der Waals surface area contributed by atoms with Gasteiger partial charge in [0, 0.05) is 5.92 Å². The second kappa shape index (κ2) is 10.1. The third-order valence-corrected chi connectivity index (χ3v) is 5.54. The largest absolute Gasteiger partial charge is 0.484 e. The number of carbonyl (C=O) groups excluding carboxylic acids is 4. The quantitative estimate of drug-likeness (QED) is 0.447. The van der Waals surface area contributed by atoms with E-state index in [1.807, 2.05) is 0 Å². The molecule has 1 aliphatic heterocycles. The second-order valence-electron chi connectivity index (χ2n) is 8.28. The molecule has 1 aliphatic rings. The van der Waals surface area contributed by atoms with Crippen LogP contribution in [0.25, 0.3) is 0 Å². The molecule has 0 spiro atoms. The Balaban J connectivity index is 2.07. The molecule has 1 aromatic rings. The van der Waals surface area contributed by atoms with Crippen molar-refractivity contribution in [3.63, 3.8) is 0 Å². The number of β-lactam (4-membered cyclic amide) rings is 1. The predicted molar refractivity (Wildman–Crippen MR) is 114 cm³/mol. The molecule has 1 aromatic carbocycles. The number of ether oxygens (including phenoxy) is 2. The fraction of sp³-hybridized carbons (Fsp3) is 0.524. The molecule has 3 atom stereocenters. The summed E-state index contributed by atoms with van der Waals surface area (Å²) in [5, 5.41) is 11.7. The summed E-state index contributed by atoms with van der Waals surface area (Å²) in [7, 11) is 0. The molecule has 2 rings (SSSR count). The molecule has 0 radical (unpaired) electrons. The number of nitrogens with zero attached hydrogens (tertiary/aromatic N) is 1. The van der Waals surface area contributed by atoms with Crippen LogP contribution in [0, 0.1) is 5.92 Å². The van der Waals surface area contributed by atoms with E-state index in [4.69, 9.17) is 9.47 Å². The maximum Gasteiger partial charge on any atom is 0.357 e. The van der Waals surface area contributed by atoms with E-state index >= 15 is 0 Å². The Morgan fingerprint density at radius 3 is 2.35 bits per heavy atom. The zero-order valence-electron chi connectivity index (χ0n) is 18.2. The number of esters is 1. The number of likely N-dealkylation sites (tertiary alicyclic amines) is 1. The second-order valence-corrected chi connectivity index (χ2v) is 9.40. The first kappa shape index (κ1) is 24.7. The first-order chi connectivity index (χ1) is 14.4. The highest BCUT2D eigenvalue weighted by molar-refractivity contribution is 8.14. The van der Waals surface area contributed by atoms with Crippen LogP contribution < -0.4 is 10.1 Å². The molecule has 31 heavy (non-hydrogen) atoms. The zero-order valence-corrected chi connectivity index (χ0v) is 19.0. The Hall–Kier alpha value is -2.59. The number of amides is 2. The number of aliphatic hydroxyl groups is 1. The minimum Gasteiger partial charge on any atom is -0.484 e. The van der Waals surface area contributed by atoms with Crippen LogP contribution >= 0.6 is 11.8 Å². The molecule has 9 nitrogen and oxygen atoms in total. The molecule has 1 heterocycles. The highest BCUT2D eigenvalue weighted by Gasteiger charge is 2.54. The summed E-state index contributed by atoms with van der Waals surface area (Å²) in [5.41, 5.74) is -0.870. The number of benzene rings is 1. The van der Waals surface area contributed by atoms with Crippen molar-refractivity contribution in [1.82, 2.24) is 10.2 Å². The van der Waals surface area contributed by atoms with Gasteiger partial charge >= 0.3 is 5.97 Å². The van der Waals surface area contributed by atoms with Crippen molar-refractivity contribution < 1.29 is 33.8 Å². The lowest BCUT2D eigenvalue weighted by Crippen LogP contribution is -2.73. The first-order valence-corrected chi connectivity index (χ1v) is 10.7. The minimum atomic E-state index is -1.89.